The molecule has 0 bridgehead atoms. The Morgan fingerprint density at radius 2 is 1.79 bits per heavy atom. The number of ether oxygens (including phenoxy) is 1. The number of amides is 3. The summed E-state index contributed by atoms with van der Waals surface area (Å²) in [5.41, 5.74) is 1.01. The average Bonchev–Trinajstić information content (AvgIpc) is 2.86. The van der Waals surface area contributed by atoms with E-state index in [1.807, 2.05) is 6.92 Å². The molecule has 176 valence electrons. The Bertz CT molecular complexity index is 972. The van der Waals surface area contributed by atoms with Crippen LogP contribution in [0.3, 0.4) is 0 Å². The van der Waals surface area contributed by atoms with Gasteiger partial charge in [-0.2, -0.15) is 0 Å². The highest BCUT2D eigenvalue weighted by Gasteiger charge is 2.34. The van der Waals surface area contributed by atoms with Crippen LogP contribution in [0.15, 0.2) is 48.5 Å². The number of nitrogens with one attached hydrogen (secondary N) is 2. The van der Waals surface area contributed by atoms with E-state index in [1.165, 1.54) is 7.11 Å². The smallest absolute Gasteiger partial charge is 0.253 e. The second kappa shape index (κ2) is 11.7. The van der Waals surface area contributed by atoms with Gasteiger partial charge in [0.05, 0.1) is 7.11 Å². The molecule has 1 fully saturated rings. The molecule has 7 nitrogen and oxygen atoms in total. The minimum atomic E-state index is -0.678. The summed E-state index contributed by atoms with van der Waals surface area (Å²) in [4.78, 5) is 40.4. The predicted molar refractivity (Wildman–Crippen MR) is 128 cm³/mol. The van der Waals surface area contributed by atoms with Gasteiger partial charge in [0.2, 0.25) is 5.91 Å². The third-order valence-corrected chi connectivity index (χ3v) is 6.09. The number of methoxy groups -OCH3 is 1. The van der Waals surface area contributed by atoms with Crippen LogP contribution in [0.2, 0.25) is 5.02 Å². The SMILES string of the molecule is CCCNC(=O)[C@H](NC(=O)c1cccc(OC)c1)C1CCN(C(=O)c2ccc(Cl)cc2)CC1. The van der Waals surface area contributed by atoms with Gasteiger partial charge in [-0.15, -0.1) is 0 Å². The molecular formula is C25H30ClN3O4. The first-order valence-corrected chi connectivity index (χ1v) is 11.6. The maximum atomic E-state index is 12.9. The van der Waals surface area contributed by atoms with Crippen LogP contribution in [0.25, 0.3) is 0 Å². The molecule has 33 heavy (non-hydrogen) atoms. The summed E-state index contributed by atoms with van der Waals surface area (Å²) in [6, 6.07) is 13.0. The zero-order valence-electron chi connectivity index (χ0n) is 19.0. The molecule has 0 unspecified atom stereocenters. The molecule has 2 aromatic carbocycles. The fraction of sp³-hybridized carbons (Fsp3) is 0.400. The second-order valence-corrected chi connectivity index (χ2v) is 8.55. The number of hydrogen-bond donors (Lipinski definition) is 2. The molecule has 1 aliphatic rings. The zero-order valence-corrected chi connectivity index (χ0v) is 19.7. The fourth-order valence-electron chi connectivity index (χ4n) is 3.96. The zero-order chi connectivity index (χ0) is 23.8. The van der Waals surface area contributed by atoms with Crippen LogP contribution >= 0.6 is 11.6 Å². The van der Waals surface area contributed by atoms with Crippen molar-refractivity contribution < 1.29 is 19.1 Å². The van der Waals surface area contributed by atoms with Crippen molar-refractivity contribution in [3.63, 3.8) is 0 Å². The largest absolute Gasteiger partial charge is 0.497 e. The topological polar surface area (TPSA) is 87.7 Å². The van der Waals surface area contributed by atoms with E-state index in [2.05, 4.69) is 10.6 Å². The molecule has 3 amide bonds. The van der Waals surface area contributed by atoms with Crippen LogP contribution in [-0.4, -0.2) is 55.4 Å². The van der Waals surface area contributed by atoms with Crippen molar-refractivity contribution in [2.45, 2.75) is 32.2 Å². The molecule has 1 saturated heterocycles. The third-order valence-electron chi connectivity index (χ3n) is 5.84. The lowest BCUT2D eigenvalue weighted by Crippen LogP contribution is -2.54. The van der Waals surface area contributed by atoms with E-state index >= 15 is 0 Å². The lowest BCUT2D eigenvalue weighted by atomic mass is 9.88. The number of likely N-dealkylation sites (tertiary alicyclic amines) is 1. The summed E-state index contributed by atoms with van der Waals surface area (Å²) in [6.07, 6.45) is 2.03. The van der Waals surface area contributed by atoms with E-state index in [-0.39, 0.29) is 23.6 Å². The number of nitrogens with zero attached hydrogens (tertiary/aromatic N) is 1. The van der Waals surface area contributed by atoms with Gasteiger partial charge in [-0.1, -0.05) is 24.6 Å². The van der Waals surface area contributed by atoms with Crippen molar-refractivity contribution in [1.82, 2.24) is 15.5 Å². The van der Waals surface area contributed by atoms with Crippen molar-refractivity contribution in [2.24, 2.45) is 5.92 Å². The molecule has 3 rings (SSSR count). The van der Waals surface area contributed by atoms with Crippen molar-refractivity contribution in [2.75, 3.05) is 26.7 Å². The first kappa shape index (κ1) is 24.6. The van der Waals surface area contributed by atoms with E-state index in [1.54, 1.807) is 53.4 Å². The normalized spacial score (nSPS) is 14.9. The summed E-state index contributed by atoms with van der Waals surface area (Å²) >= 11 is 5.92. The van der Waals surface area contributed by atoms with Gasteiger partial charge in [-0.05, 0) is 67.6 Å². The second-order valence-electron chi connectivity index (χ2n) is 8.11. The van der Waals surface area contributed by atoms with Crippen LogP contribution in [0, 0.1) is 5.92 Å². The molecule has 2 N–H and O–H groups in total. The van der Waals surface area contributed by atoms with Gasteiger partial charge in [0.25, 0.3) is 11.8 Å². The number of hydrogen-bond acceptors (Lipinski definition) is 4. The number of rotatable bonds is 8. The molecule has 1 aliphatic heterocycles. The predicted octanol–water partition coefficient (Wildman–Crippen LogP) is 3.53. The standard InChI is InChI=1S/C25H30ClN3O4/c1-3-13-27-24(31)22(28-23(30)19-5-4-6-21(16-19)33-2)17-11-14-29(15-12-17)25(32)18-7-9-20(26)10-8-18/h4-10,16-17,22H,3,11-15H2,1-2H3,(H,27,31)(H,28,30)/t22-/m1/s1. The van der Waals surface area contributed by atoms with Crippen molar-refractivity contribution in [3.8, 4) is 5.75 Å². The van der Waals surface area contributed by atoms with E-state index in [4.69, 9.17) is 16.3 Å². The van der Waals surface area contributed by atoms with Crippen LogP contribution in [0.4, 0.5) is 0 Å². The first-order valence-electron chi connectivity index (χ1n) is 11.2. The van der Waals surface area contributed by atoms with Gasteiger partial charge in [0.15, 0.2) is 0 Å². The van der Waals surface area contributed by atoms with Crippen LogP contribution in [0.5, 0.6) is 5.75 Å². The molecule has 0 aliphatic carbocycles. The maximum Gasteiger partial charge on any atom is 0.253 e. The van der Waals surface area contributed by atoms with Gasteiger partial charge in [-0.3, -0.25) is 14.4 Å². The molecule has 1 heterocycles. The number of benzene rings is 2. The molecule has 8 heteroatoms. The van der Waals surface area contributed by atoms with Gasteiger partial charge in [0, 0.05) is 35.8 Å². The summed E-state index contributed by atoms with van der Waals surface area (Å²) in [5, 5.41) is 6.40. The summed E-state index contributed by atoms with van der Waals surface area (Å²) in [7, 11) is 1.54. The quantitative estimate of drug-likeness (QED) is 0.616. The van der Waals surface area contributed by atoms with Crippen LogP contribution in [0.1, 0.15) is 46.9 Å². The van der Waals surface area contributed by atoms with Gasteiger partial charge in [0.1, 0.15) is 11.8 Å². The Kier molecular flexibility index (Phi) is 8.72. The highest BCUT2D eigenvalue weighted by molar-refractivity contribution is 6.30. The molecule has 2 aromatic rings. The Hall–Kier alpha value is -3.06. The molecule has 0 spiro atoms. The van der Waals surface area contributed by atoms with Crippen LogP contribution in [-0.2, 0) is 4.79 Å². The molecule has 0 aromatic heterocycles. The van der Waals surface area contributed by atoms with Crippen molar-refractivity contribution in [3.05, 3.63) is 64.7 Å². The molecular weight excluding hydrogens is 442 g/mol. The lowest BCUT2D eigenvalue weighted by Gasteiger charge is -2.36. The molecule has 0 radical (unpaired) electrons. The van der Waals surface area contributed by atoms with E-state index in [0.29, 0.717) is 54.4 Å². The highest BCUT2D eigenvalue weighted by atomic mass is 35.5. The van der Waals surface area contributed by atoms with Gasteiger partial charge < -0.3 is 20.3 Å². The number of carbonyl (C=O) groups excluding carboxylic acids is 3. The monoisotopic (exact) mass is 471 g/mol. The summed E-state index contributed by atoms with van der Waals surface area (Å²) in [5.74, 6) is -0.0901. The van der Waals surface area contributed by atoms with Crippen molar-refractivity contribution >= 4 is 29.3 Å². The minimum Gasteiger partial charge on any atom is -0.497 e. The minimum absolute atomic E-state index is 0.0579. The number of piperidine rings is 1. The maximum absolute atomic E-state index is 12.9. The average molecular weight is 472 g/mol. The summed E-state index contributed by atoms with van der Waals surface area (Å²) in [6.45, 7) is 3.54. The van der Waals surface area contributed by atoms with Gasteiger partial charge in [-0.25, -0.2) is 0 Å². The van der Waals surface area contributed by atoms with E-state index in [0.717, 1.165) is 6.42 Å². The Morgan fingerprint density at radius 3 is 2.42 bits per heavy atom. The third kappa shape index (κ3) is 6.48. The van der Waals surface area contributed by atoms with Crippen molar-refractivity contribution in [1.29, 1.82) is 0 Å². The lowest BCUT2D eigenvalue weighted by molar-refractivity contribution is -0.124. The van der Waals surface area contributed by atoms with Gasteiger partial charge >= 0.3 is 0 Å². The Morgan fingerprint density at radius 1 is 1.09 bits per heavy atom. The first-order chi connectivity index (χ1) is 15.9. The fourth-order valence-corrected chi connectivity index (χ4v) is 4.08. The number of carbonyl (C=O) groups is 3. The van der Waals surface area contributed by atoms with E-state index in [9.17, 15) is 14.4 Å². The molecule has 0 saturated carbocycles. The molecule has 1 atom stereocenters. The van der Waals surface area contributed by atoms with E-state index < -0.39 is 6.04 Å². The van der Waals surface area contributed by atoms with Crippen LogP contribution < -0.4 is 15.4 Å². The Labute approximate surface area is 199 Å². The summed E-state index contributed by atoms with van der Waals surface area (Å²) < 4.78 is 5.20. The highest BCUT2D eigenvalue weighted by Crippen LogP contribution is 2.24. The Balaban J connectivity index is 1.68. The number of halogens is 1.